The summed E-state index contributed by atoms with van der Waals surface area (Å²) >= 11 is 0. The molecule has 0 spiro atoms. The molecule has 0 saturated heterocycles. The lowest BCUT2D eigenvalue weighted by molar-refractivity contribution is 0.0693. The zero-order valence-corrected chi connectivity index (χ0v) is 12.1. The van der Waals surface area contributed by atoms with Crippen molar-refractivity contribution in [1.82, 2.24) is 4.90 Å². The second-order valence-electron chi connectivity index (χ2n) is 5.85. The number of carbonyl (C=O) groups excluding carboxylic acids is 1. The first-order valence-electron chi connectivity index (χ1n) is 6.19. The van der Waals surface area contributed by atoms with Gasteiger partial charge in [-0.2, -0.15) is 0 Å². The van der Waals surface area contributed by atoms with Gasteiger partial charge in [0.1, 0.15) is 5.56 Å². The van der Waals surface area contributed by atoms with Crippen molar-refractivity contribution in [1.29, 1.82) is 0 Å². The minimum Gasteiger partial charge on any atom is -0.505 e. The van der Waals surface area contributed by atoms with Gasteiger partial charge >= 0.3 is 12.0 Å². The minimum absolute atomic E-state index is 0.0585. The average molecular weight is 280 g/mol. The van der Waals surface area contributed by atoms with E-state index >= 15 is 0 Å². The number of nitrogens with one attached hydrogen (secondary N) is 1. The Hall–Kier alpha value is -2.24. The normalized spacial score (nSPS) is 11.0. The number of benzene rings is 1. The molecule has 0 heterocycles. The molecule has 2 amide bonds. The van der Waals surface area contributed by atoms with Gasteiger partial charge in [-0.3, -0.25) is 0 Å². The lowest BCUT2D eigenvalue weighted by Crippen LogP contribution is -2.37. The van der Waals surface area contributed by atoms with Crippen LogP contribution in [0.5, 0.6) is 5.75 Å². The molecule has 0 bridgehead atoms. The molecule has 0 aliphatic rings. The van der Waals surface area contributed by atoms with Crippen molar-refractivity contribution >= 4 is 17.7 Å². The molecule has 6 heteroatoms. The quantitative estimate of drug-likeness (QED) is 0.742. The van der Waals surface area contributed by atoms with Crippen LogP contribution >= 0.6 is 0 Å². The Balaban J connectivity index is 2.86. The van der Waals surface area contributed by atoms with Crippen molar-refractivity contribution in [2.24, 2.45) is 5.41 Å². The predicted octanol–water partition coefficient (Wildman–Crippen LogP) is 2.60. The summed E-state index contributed by atoms with van der Waals surface area (Å²) in [5.74, 6) is -1.70. The number of hydrogen-bond donors (Lipinski definition) is 3. The SMILES string of the molecule is CN(CC(C)(C)C)C(=O)Nc1cccc(C(=O)O)c1O. The van der Waals surface area contributed by atoms with Gasteiger partial charge in [0.2, 0.25) is 0 Å². The number of nitrogens with zero attached hydrogens (tertiary/aromatic N) is 1. The van der Waals surface area contributed by atoms with E-state index in [4.69, 9.17) is 5.11 Å². The van der Waals surface area contributed by atoms with Gasteiger partial charge < -0.3 is 20.4 Å². The molecule has 0 saturated carbocycles. The number of rotatable bonds is 3. The molecular formula is C14H20N2O4. The van der Waals surface area contributed by atoms with Crippen LogP contribution in [-0.2, 0) is 0 Å². The molecule has 1 rings (SSSR count). The Morgan fingerprint density at radius 1 is 1.30 bits per heavy atom. The second kappa shape index (κ2) is 5.81. The number of carboxylic acid groups (broad SMARTS) is 1. The van der Waals surface area contributed by atoms with Gasteiger partial charge in [0.05, 0.1) is 5.69 Å². The van der Waals surface area contributed by atoms with Gasteiger partial charge in [-0.15, -0.1) is 0 Å². The number of phenols is 1. The molecule has 3 N–H and O–H groups in total. The predicted molar refractivity (Wildman–Crippen MR) is 76.2 cm³/mol. The highest BCUT2D eigenvalue weighted by atomic mass is 16.4. The maximum absolute atomic E-state index is 12.0. The van der Waals surface area contributed by atoms with E-state index in [2.05, 4.69) is 5.32 Å². The van der Waals surface area contributed by atoms with E-state index in [9.17, 15) is 14.7 Å². The van der Waals surface area contributed by atoms with E-state index in [0.29, 0.717) is 6.54 Å². The molecule has 0 aromatic heterocycles. The van der Waals surface area contributed by atoms with Crippen LogP contribution in [0.4, 0.5) is 10.5 Å². The number of aromatic carboxylic acids is 1. The zero-order valence-electron chi connectivity index (χ0n) is 12.1. The molecule has 0 aliphatic carbocycles. The van der Waals surface area contributed by atoms with Crippen LogP contribution in [0.3, 0.4) is 0 Å². The number of aromatic hydroxyl groups is 1. The molecule has 1 aromatic rings. The minimum atomic E-state index is -1.25. The van der Waals surface area contributed by atoms with Crippen LogP contribution in [0.15, 0.2) is 18.2 Å². The number of para-hydroxylation sites is 1. The Morgan fingerprint density at radius 3 is 2.40 bits per heavy atom. The molecule has 20 heavy (non-hydrogen) atoms. The van der Waals surface area contributed by atoms with Gasteiger partial charge in [0.15, 0.2) is 5.75 Å². The van der Waals surface area contributed by atoms with Crippen molar-refractivity contribution in [3.63, 3.8) is 0 Å². The van der Waals surface area contributed by atoms with Crippen LogP contribution in [0.2, 0.25) is 0 Å². The van der Waals surface area contributed by atoms with Crippen molar-refractivity contribution < 1.29 is 19.8 Å². The Labute approximate surface area is 118 Å². The number of carbonyl (C=O) groups is 2. The second-order valence-corrected chi connectivity index (χ2v) is 5.85. The van der Waals surface area contributed by atoms with Gasteiger partial charge in [0, 0.05) is 13.6 Å². The number of hydrogen-bond acceptors (Lipinski definition) is 3. The molecular weight excluding hydrogens is 260 g/mol. The number of urea groups is 1. The zero-order chi connectivity index (χ0) is 15.5. The molecule has 0 atom stereocenters. The first-order chi connectivity index (χ1) is 9.11. The topological polar surface area (TPSA) is 89.9 Å². The van der Waals surface area contributed by atoms with Gasteiger partial charge in [0.25, 0.3) is 0 Å². The molecule has 1 aromatic carbocycles. The van der Waals surface area contributed by atoms with Gasteiger partial charge in [-0.25, -0.2) is 9.59 Å². The smallest absolute Gasteiger partial charge is 0.339 e. The third-order valence-corrected chi connectivity index (χ3v) is 2.57. The van der Waals surface area contributed by atoms with E-state index in [0.717, 1.165) is 0 Å². The lowest BCUT2D eigenvalue weighted by Gasteiger charge is -2.26. The van der Waals surface area contributed by atoms with Gasteiger partial charge in [-0.05, 0) is 17.5 Å². The fourth-order valence-corrected chi connectivity index (χ4v) is 1.81. The van der Waals surface area contributed by atoms with Crippen molar-refractivity contribution in [2.45, 2.75) is 20.8 Å². The highest BCUT2D eigenvalue weighted by Gasteiger charge is 2.20. The van der Waals surface area contributed by atoms with E-state index in [1.54, 1.807) is 7.05 Å². The van der Waals surface area contributed by atoms with Crippen LogP contribution < -0.4 is 5.32 Å². The van der Waals surface area contributed by atoms with Crippen LogP contribution in [0.25, 0.3) is 0 Å². The number of carboxylic acids is 1. The first kappa shape index (κ1) is 15.8. The number of amides is 2. The van der Waals surface area contributed by atoms with Crippen molar-refractivity contribution in [2.75, 3.05) is 18.9 Å². The summed E-state index contributed by atoms with van der Waals surface area (Å²) < 4.78 is 0. The molecule has 6 nitrogen and oxygen atoms in total. The maximum Gasteiger partial charge on any atom is 0.339 e. The Morgan fingerprint density at radius 2 is 1.90 bits per heavy atom. The summed E-state index contributed by atoms with van der Waals surface area (Å²) in [4.78, 5) is 24.4. The maximum atomic E-state index is 12.0. The summed E-state index contributed by atoms with van der Waals surface area (Å²) in [7, 11) is 1.64. The first-order valence-corrected chi connectivity index (χ1v) is 6.19. The molecule has 0 aliphatic heterocycles. The Bertz CT molecular complexity index is 520. The molecule has 110 valence electrons. The summed E-state index contributed by atoms with van der Waals surface area (Å²) in [6.07, 6.45) is 0. The van der Waals surface area contributed by atoms with Crippen LogP contribution in [0, 0.1) is 5.41 Å². The Kier molecular flexibility index (Phi) is 4.60. The summed E-state index contributed by atoms with van der Waals surface area (Å²) in [5, 5.41) is 21.2. The lowest BCUT2D eigenvalue weighted by atomic mass is 9.96. The monoisotopic (exact) mass is 280 g/mol. The largest absolute Gasteiger partial charge is 0.505 e. The van der Waals surface area contributed by atoms with Crippen LogP contribution in [0.1, 0.15) is 31.1 Å². The fourth-order valence-electron chi connectivity index (χ4n) is 1.81. The van der Waals surface area contributed by atoms with Gasteiger partial charge in [-0.1, -0.05) is 26.8 Å². The fraction of sp³-hybridized carbons (Fsp3) is 0.429. The summed E-state index contributed by atoms with van der Waals surface area (Å²) in [6, 6.07) is 3.78. The highest BCUT2D eigenvalue weighted by Crippen LogP contribution is 2.27. The summed E-state index contributed by atoms with van der Waals surface area (Å²) in [5.41, 5.74) is -0.228. The van der Waals surface area contributed by atoms with Crippen LogP contribution in [-0.4, -0.2) is 40.7 Å². The third-order valence-electron chi connectivity index (χ3n) is 2.57. The van der Waals surface area contributed by atoms with E-state index in [1.807, 2.05) is 20.8 Å². The highest BCUT2D eigenvalue weighted by molar-refractivity contribution is 5.97. The van der Waals surface area contributed by atoms with E-state index in [-0.39, 0.29) is 16.7 Å². The molecule has 0 unspecified atom stereocenters. The van der Waals surface area contributed by atoms with E-state index < -0.39 is 17.7 Å². The molecule has 0 radical (unpaired) electrons. The average Bonchev–Trinajstić information content (AvgIpc) is 2.29. The summed E-state index contributed by atoms with van der Waals surface area (Å²) in [6.45, 7) is 6.52. The third kappa shape index (κ3) is 4.15. The van der Waals surface area contributed by atoms with Crippen molar-refractivity contribution in [3.05, 3.63) is 23.8 Å². The standard InChI is InChI=1S/C14H20N2O4/c1-14(2,3)8-16(4)13(20)15-10-7-5-6-9(11(10)17)12(18)19/h5-7,17H,8H2,1-4H3,(H,15,20)(H,18,19). The van der Waals surface area contributed by atoms with E-state index in [1.165, 1.54) is 23.1 Å². The number of anilines is 1. The molecule has 0 fully saturated rings. The van der Waals surface area contributed by atoms with Crippen molar-refractivity contribution in [3.8, 4) is 5.75 Å².